The van der Waals surface area contributed by atoms with Crippen molar-refractivity contribution in [2.24, 2.45) is 5.92 Å². The first-order valence-electron chi connectivity index (χ1n) is 8.77. The molecule has 2 N–H and O–H groups in total. The molecule has 3 rings (SSSR count). The van der Waals surface area contributed by atoms with Gasteiger partial charge in [0.25, 0.3) is 0 Å². The predicted molar refractivity (Wildman–Crippen MR) is 87.5 cm³/mol. The third kappa shape index (κ3) is 3.67. The van der Waals surface area contributed by atoms with Crippen molar-refractivity contribution in [2.75, 3.05) is 6.54 Å². The standard InChI is InChI=1S/C19H29NO/c1-14(20-13-18-8-4-5-9-19(18)21)16-11-10-15-6-2-3-7-17(15)12-16/h10-12,14,18-21H,2-9,13H2,1H3. The number of hydrogen-bond donors (Lipinski definition) is 2. The van der Waals surface area contributed by atoms with E-state index in [1.54, 1.807) is 11.1 Å². The number of hydrogen-bond acceptors (Lipinski definition) is 2. The van der Waals surface area contributed by atoms with Crippen molar-refractivity contribution in [2.45, 2.75) is 70.4 Å². The summed E-state index contributed by atoms with van der Waals surface area (Å²) in [6.45, 7) is 3.19. The van der Waals surface area contributed by atoms with E-state index in [1.807, 2.05) is 0 Å². The van der Waals surface area contributed by atoms with Crippen LogP contribution < -0.4 is 5.32 Å². The highest BCUT2D eigenvalue weighted by Crippen LogP contribution is 2.26. The molecule has 21 heavy (non-hydrogen) atoms. The van der Waals surface area contributed by atoms with Gasteiger partial charge in [0, 0.05) is 12.6 Å². The average Bonchev–Trinajstić information content (AvgIpc) is 2.53. The van der Waals surface area contributed by atoms with Gasteiger partial charge in [0.05, 0.1) is 6.10 Å². The zero-order valence-corrected chi connectivity index (χ0v) is 13.3. The fraction of sp³-hybridized carbons (Fsp3) is 0.684. The van der Waals surface area contributed by atoms with Crippen LogP contribution in [0.1, 0.15) is 68.2 Å². The van der Waals surface area contributed by atoms with Crippen molar-refractivity contribution in [1.29, 1.82) is 0 Å². The Morgan fingerprint density at radius 3 is 2.67 bits per heavy atom. The van der Waals surface area contributed by atoms with E-state index in [4.69, 9.17) is 0 Å². The zero-order chi connectivity index (χ0) is 14.7. The first-order chi connectivity index (χ1) is 10.2. The van der Waals surface area contributed by atoms with E-state index in [0.717, 1.165) is 13.0 Å². The Morgan fingerprint density at radius 2 is 1.86 bits per heavy atom. The molecule has 2 aliphatic rings. The van der Waals surface area contributed by atoms with Crippen LogP contribution in [0.5, 0.6) is 0 Å². The molecule has 0 aromatic heterocycles. The van der Waals surface area contributed by atoms with Crippen molar-refractivity contribution in [3.05, 3.63) is 34.9 Å². The van der Waals surface area contributed by atoms with E-state index in [0.29, 0.717) is 12.0 Å². The van der Waals surface area contributed by atoms with Crippen LogP contribution in [-0.4, -0.2) is 17.8 Å². The molecule has 0 spiro atoms. The maximum Gasteiger partial charge on any atom is 0.0580 e. The van der Waals surface area contributed by atoms with Gasteiger partial charge in [-0.15, -0.1) is 0 Å². The lowest BCUT2D eigenvalue weighted by Crippen LogP contribution is -2.35. The van der Waals surface area contributed by atoms with E-state index in [1.165, 1.54) is 50.5 Å². The Morgan fingerprint density at radius 1 is 1.10 bits per heavy atom. The summed E-state index contributed by atoms with van der Waals surface area (Å²) in [7, 11) is 0. The van der Waals surface area contributed by atoms with Gasteiger partial charge in [-0.2, -0.15) is 0 Å². The Labute approximate surface area is 129 Å². The molecule has 0 saturated heterocycles. The maximum absolute atomic E-state index is 10.1. The van der Waals surface area contributed by atoms with E-state index in [-0.39, 0.29) is 6.10 Å². The molecule has 116 valence electrons. The molecule has 0 heterocycles. The minimum absolute atomic E-state index is 0.0954. The molecular formula is C19H29NO. The third-order valence-electron chi connectivity index (χ3n) is 5.43. The summed E-state index contributed by atoms with van der Waals surface area (Å²) in [6, 6.07) is 7.41. The second-order valence-electron chi connectivity index (χ2n) is 6.98. The monoisotopic (exact) mass is 287 g/mol. The van der Waals surface area contributed by atoms with Crippen LogP contribution in [0.15, 0.2) is 18.2 Å². The molecule has 0 aliphatic heterocycles. The molecule has 1 saturated carbocycles. The molecular weight excluding hydrogens is 258 g/mol. The number of rotatable bonds is 4. The van der Waals surface area contributed by atoms with Crippen molar-refractivity contribution >= 4 is 0 Å². The number of fused-ring (bicyclic) bond motifs is 1. The molecule has 2 heteroatoms. The predicted octanol–water partition coefficient (Wildman–Crippen LogP) is 3.77. The van der Waals surface area contributed by atoms with Crippen molar-refractivity contribution in [1.82, 2.24) is 5.32 Å². The smallest absolute Gasteiger partial charge is 0.0580 e. The van der Waals surface area contributed by atoms with Crippen LogP contribution >= 0.6 is 0 Å². The Hall–Kier alpha value is -0.860. The quantitative estimate of drug-likeness (QED) is 0.883. The Bertz CT molecular complexity index is 471. The lowest BCUT2D eigenvalue weighted by atomic mass is 9.86. The van der Waals surface area contributed by atoms with Crippen LogP contribution in [-0.2, 0) is 12.8 Å². The normalized spacial score (nSPS) is 27.1. The van der Waals surface area contributed by atoms with Crippen LogP contribution in [0.2, 0.25) is 0 Å². The van der Waals surface area contributed by atoms with E-state index >= 15 is 0 Å². The summed E-state index contributed by atoms with van der Waals surface area (Å²) in [5.74, 6) is 0.443. The van der Waals surface area contributed by atoms with Gasteiger partial charge >= 0.3 is 0 Å². The minimum atomic E-state index is -0.0954. The second-order valence-corrected chi connectivity index (χ2v) is 6.98. The van der Waals surface area contributed by atoms with Gasteiger partial charge in [-0.1, -0.05) is 31.0 Å². The molecule has 0 amide bonds. The molecule has 3 unspecified atom stereocenters. The van der Waals surface area contributed by atoms with Gasteiger partial charge in [0.2, 0.25) is 0 Å². The Balaban J connectivity index is 1.58. The van der Waals surface area contributed by atoms with Crippen LogP contribution in [0.3, 0.4) is 0 Å². The molecule has 1 fully saturated rings. The molecule has 3 atom stereocenters. The number of nitrogens with one attached hydrogen (secondary N) is 1. The zero-order valence-electron chi connectivity index (χ0n) is 13.3. The highest BCUT2D eigenvalue weighted by atomic mass is 16.3. The summed E-state index contributed by atoms with van der Waals surface area (Å²) in [4.78, 5) is 0. The van der Waals surface area contributed by atoms with Gasteiger partial charge in [-0.05, 0) is 68.1 Å². The molecule has 1 aromatic carbocycles. The number of aliphatic hydroxyl groups excluding tert-OH is 1. The summed E-state index contributed by atoms with van der Waals surface area (Å²) >= 11 is 0. The summed E-state index contributed by atoms with van der Waals surface area (Å²) in [6.07, 6.45) is 9.72. The van der Waals surface area contributed by atoms with Gasteiger partial charge in [-0.25, -0.2) is 0 Å². The van der Waals surface area contributed by atoms with E-state index in [9.17, 15) is 5.11 Å². The SMILES string of the molecule is CC(NCC1CCCCC1O)c1ccc2c(c1)CCCC2. The first kappa shape index (κ1) is 15.1. The summed E-state index contributed by atoms with van der Waals surface area (Å²) in [5.41, 5.74) is 4.52. The molecule has 1 aromatic rings. The molecule has 2 aliphatic carbocycles. The number of aliphatic hydroxyl groups is 1. The largest absolute Gasteiger partial charge is 0.393 e. The van der Waals surface area contributed by atoms with Crippen LogP contribution in [0, 0.1) is 5.92 Å². The van der Waals surface area contributed by atoms with E-state index in [2.05, 4.69) is 30.4 Å². The number of benzene rings is 1. The van der Waals surface area contributed by atoms with Crippen LogP contribution in [0.4, 0.5) is 0 Å². The Kier molecular flexibility index (Phi) is 4.97. The first-order valence-corrected chi connectivity index (χ1v) is 8.77. The highest BCUT2D eigenvalue weighted by molar-refractivity contribution is 5.35. The fourth-order valence-corrected chi connectivity index (χ4v) is 3.89. The third-order valence-corrected chi connectivity index (χ3v) is 5.43. The van der Waals surface area contributed by atoms with Crippen molar-refractivity contribution in [3.63, 3.8) is 0 Å². The minimum Gasteiger partial charge on any atom is -0.393 e. The highest BCUT2D eigenvalue weighted by Gasteiger charge is 2.23. The van der Waals surface area contributed by atoms with E-state index < -0.39 is 0 Å². The van der Waals surface area contributed by atoms with Crippen molar-refractivity contribution in [3.8, 4) is 0 Å². The van der Waals surface area contributed by atoms with Crippen LogP contribution in [0.25, 0.3) is 0 Å². The van der Waals surface area contributed by atoms with Gasteiger partial charge in [-0.3, -0.25) is 0 Å². The lowest BCUT2D eigenvalue weighted by molar-refractivity contribution is 0.0684. The molecule has 2 nitrogen and oxygen atoms in total. The molecule has 0 radical (unpaired) electrons. The summed E-state index contributed by atoms with van der Waals surface area (Å²) < 4.78 is 0. The lowest BCUT2D eigenvalue weighted by Gasteiger charge is -2.29. The topological polar surface area (TPSA) is 32.3 Å². The average molecular weight is 287 g/mol. The fourth-order valence-electron chi connectivity index (χ4n) is 3.89. The second kappa shape index (κ2) is 6.93. The van der Waals surface area contributed by atoms with Gasteiger partial charge < -0.3 is 10.4 Å². The van der Waals surface area contributed by atoms with Crippen molar-refractivity contribution < 1.29 is 5.11 Å². The van der Waals surface area contributed by atoms with Gasteiger partial charge in [0.15, 0.2) is 0 Å². The maximum atomic E-state index is 10.1. The molecule has 0 bridgehead atoms. The summed E-state index contributed by atoms with van der Waals surface area (Å²) in [5, 5.41) is 13.7. The van der Waals surface area contributed by atoms with Gasteiger partial charge in [0.1, 0.15) is 0 Å². The number of aryl methyl sites for hydroxylation is 2.